The van der Waals surface area contributed by atoms with Crippen LogP contribution in [0.3, 0.4) is 0 Å². The number of carbonyl (C=O) groups excluding carboxylic acids is 1. The standard InChI is InChI=1S/C21H26Cl2N2O3S/c1-12-7-14(3)20(8-13(12)2)15(4)24-21(26)16(5)25(29(6,27)28)19-10-17(22)9-18(23)11-19/h7-11,15-16H,1-6H3,(H,24,26)/t15-,16-/m1/s1. The maximum atomic E-state index is 12.9. The van der Waals surface area contributed by atoms with E-state index >= 15 is 0 Å². The topological polar surface area (TPSA) is 66.5 Å². The van der Waals surface area contributed by atoms with Gasteiger partial charge in [0.25, 0.3) is 0 Å². The molecule has 0 saturated heterocycles. The lowest BCUT2D eigenvalue weighted by Gasteiger charge is -2.30. The number of sulfonamides is 1. The van der Waals surface area contributed by atoms with Crippen molar-refractivity contribution in [1.29, 1.82) is 0 Å². The first-order valence-corrected chi connectivity index (χ1v) is 11.7. The van der Waals surface area contributed by atoms with Crippen molar-refractivity contribution in [1.82, 2.24) is 5.32 Å². The molecule has 2 aromatic carbocycles. The summed E-state index contributed by atoms with van der Waals surface area (Å²) in [6.45, 7) is 9.46. The molecule has 5 nitrogen and oxygen atoms in total. The number of nitrogens with one attached hydrogen (secondary N) is 1. The van der Waals surface area contributed by atoms with Crippen LogP contribution in [0.1, 0.15) is 42.1 Å². The van der Waals surface area contributed by atoms with Gasteiger partial charge in [-0.3, -0.25) is 9.10 Å². The van der Waals surface area contributed by atoms with Gasteiger partial charge in [-0.1, -0.05) is 35.3 Å². The second kappa shape index (κ2) is 8.94. The molecule has 0 spiro atoms. The van der Waals surface area contributed by atoms with Crippen LogP contribution in [0.25, 0.3) is 0 Å². The first-order valence-electron chi connectivity index (χ1n) is 9.15. The van der Waals surface area contributed by atoms with Gasteiger partial charge in [0.05, 0.1) is 18.0 Å². The lowest BCUT2D eigenvalue weighted by molar-refractivity contribution is -0.122. The third-order valence-electron chi connectivity index (χ3n) is 4.90. The molecule has 0 aliphatic heterocycles. The van der Waals surface area contributed by atoms with E-state index < -0.39 is 22.0 Å². The maximum absolute atomic E-state index is 12.9. The smallest absolute Gasteiger partial charge is 0.244 e. The van der Waals surface area contributed by atoms with Crippen LogP contribution in [0.4, 0.5) is 5.69 Å². The van der Waals surface area contributed by atoms with E-state index in [1.165, 1.54) is 30.7 Å². The number of amides is 1. The quantitative estimate of drug-likeness (QED) is 0.668. The van der Waals surface area contributed by atoms with Gasteiger partial charge in [0.15, 0.2) is 0 Å². The van der Waals surface area contributed by atoms with Crippen molar-refractivity contribution in [2.24, 2.45) is 0 Å². The van der Waals surface area contributed by atoms with Crippen LogP contribution in [0.15, 0.2) is 30.3 Å². The average molecular weight is 457 g/mol. The third kappa shape index (κ3) is 5.65. The molecule has 0 aliphatic carbocycles. The fraction of sp³-hybridized carbons (Fsp3) is 0.381. The zero-order chi connectivity index (χ0) is 22.1. The summed E-state index contributed by atoms with van der Waals surface area (Å²) in [6.07, 6.45) is 1.04. The predicted molar refractivity (Wildman–Crippen MR) is 120 cm³/mol. The number of halogens is 2. The molecule has 1 amide bonds. The number of aryl methyl sites for hydroxylation is 3. The molecule has 2 rings (SSSR count). The number of anilines is 1. The molecule has 0 heterocycles. The SMILES string of the molecule is Cc1cc(C)c([C@@H](C)NC(=O)[C@@H](C)N(c2cc(Cl)cc(Cl)c2)S(C)(=O)=O)cc1C. The zero-order valence-corrected chi connectivity index (χ0v) is 19.7. The Hall–Kier alpha value is -1.76. The molecule has 0 bridgehead atoms. The van der Waals surface area contributed by atoms with Gasteiger partial charge in [0, 0.05) is 10.0 Å². The Morgan fingerprint density at radius 2 is 1.45 bits per heavy atom. The highest BCUT2D eigenvalue weighted by Crippen LogP contribution is 2.29. The van der Waals surface area contributed by atoms with E-state index in [1.54, 1.807) is 0 Å². The predicted octanol–water partition coefficient (Wildman–Crippen LogP) is 4.95. The molecule has 0 saturated carbocycles. The maximum Gasteiger partial charge on any atom is 0.244 e. The van der Waals surface area contributed by atoms with Gasteiger partial charge in [0.1, 0.15) is 6.04 Å². The Kier molecular flexibility index (Phi) is 7.25. The normalized spacial score (nSPS) is 13.7. The lowest BCUT2D eigenvalue weighted by atomic mass is 9.96. The van der Waals surface area contributed by atoms with Crippen molar-refractivity contribution < 1.29 is 13.2 Å². The molecule has 158 valence electrons. The van der Waals surface area contributed by atoms with Crippen molar-refractivity contribution >= 4 is 44.8 Å². The van der Waals surface area contributed by atoms with E-state index in [1.807, 2.05) is 33.8 Å². The highest BCUT2D eigenvalue weighted by molar-refractivity contribution is 7.92. The molecular formula is C21H26Cl2N2O3S. The Balaban J connectivity index is 2.33. The minimum absolute atomic E-state index is 0.239. The molecule has 2 atom stereocenters. The van der Waals surface area contributed by atoms with Crippen LogP contribution in [0, 0.1) is 20.8 Å². The van der Waals surface area contributed by atoms with Crippen molar-refractivity contribution in [3.63, 3.8) is 0 Å². The monoisotopic (exact) mass is 456 g/mol. The molecule has 8 heteroatoms. The van der Waals surface area contributed by atoms with Crippen molar-refractivity contribution in [2.45, 2.75) is 46.7 Å². The Morgan fingerprint density at radius 3 is 1.97 bits per heavy atom. The number of rotatable bonds is 6. The second-order valence-corrected chi connectivity index (χ2v) is 10.1. The molecule has 29 heavy (non-hydrogen) atoms. The molecular weight excluding hydrogens is 431 g/mol. The molecule has 0 radical (unpaired) electrons. The first kappa shape index (κ1) is 23.5. The fourth-order valence-corrected chi connectivity index (χ4v) is 5.01. The summed E-state index contributed by atoms with van der Waals surface area (Å²) in [5, 5.41) is 3.49. The van der Waals surface area contributed by atoms with Crippen molar-refractivity contribution in [2.75, 3.05) is 10.6 Å². The summed E-state index contributed by atoms with van der Waals surface area (Å²) in [5.41, 5.74) is 4.61. The lowest BCUT2D eigenvalue weighted by Crippen LogP contribution is -2.48. The first-order chi connectivity index (χ1) is 13.3. The molecule has 0 aromatic heterocycles. The van der Waals surface area contributed by atoms with Crippen LogP contribution in [0.5, 0.6) is 0 Å². The van der Waals surface area contributed by atoms with Crippen LogP contribution >= 0.6 is 23.2 Å². The van der Waals surface area contributed by atoms with Crippen LogP contribution in [-0.4, -0.2) is 26.6 Å². The number of carbonyl (C=O) groups is 1. The van der Waals surface area contributed by atoms with E-state index in [4.69, 9.17) is 23.2 Å². The Morgan fingerprint density at radius 1 is 0.931 bits per heavy atom. The molecule has 0 fully saturated rings. The van der Waals surface area contributed by atoms with Crippen molar-refractivity contribution in [3.05, 3.63) is 62.6 Å². The summed E-state index contributed by atoms with van der Waals surface area (Å²) in [4.78, 5) is 12.9. The minimum atomic E-state index is -3.76. The third-order valence-corrected chi connectivity index (χ3v) is 6.58. The summed E-state index contributed by atoms with van der Waals surface area (Å²) in [7, 11) is -3.76. The largest absolute Gasteiger partial charge is 0.348 e. The van der Waals surface area contributed by atoms with E-state index in [0.29, 0.717) is 0 Å². The summed E-state index contributed by atoms with van der Waals surface area (Å²) < 4.78 is 25.9. The molecule has 0 unspecified atom stereocenters. The summed E-state index contributed by atoms with van der Waals surface area (Å²) >= 11 is 12.1. The van der Waals surface area contributed by atoms with Gasteiger partial charge in [0.2, 0.25) is 15.9 Å². The average Bonchev–Trinajstić information content (AvgIpc) is 2.55. The van der Waals surface area contributed by atoms with Crippen LogP contribution in [-0.2, 0) is 14.8 Å². The van der Waals surface area contributed by atoms with Crippen LogP contribution in [0.2, 0.25) is 10.0 Å². The number of benzene rings is 2. The van der Waals surface area contributed by atoms with Gasteiger partial charge in [-0.15, -0.1) is 0 Å². The number of nitrogens with zero attached hydrogens (tertiary/aromatic N) is 1. The minimum Gasteiger partial charge on any atom is -0.348 e. The van der Waals surface area contributed by atoms with Gasteiger partial charge in [-0.25, -0.2) is 8.42 Å². The molecule has 0 aliphatic rings. The van der Waals surface area contributed by atoms with Gasteiger partial charge < -0.3 is 5.32 Å². The highest BCUT2D eigenvalue weighted by atomic mass is 35.5. The van der Waals surface area contributed by atoms with Crippen molar-refractivity contribution in [3.8, 4) is 0 Å². The number of hydrogen-bond acceptors (Lipinski definition) is 3. The van der Waals surface area contributed by atoms with Gasteiger partial charge in [-0.2, -0.15) is 0 Å². The summed E-state index contributed by atoms with van der Waals surface area (Å²) in [5.74, 6) is -0.420. The van der Waals surface area contributed by atoms with E-state index in [0.717, 1.165) is 27.3 Å². The Bertz CT molecular complexity index is 1020. The number of hydrogen-bond donors (Lipinski definition) is 1. The summed E-state index contributed by atoms with van der Waals surface area (Å²) in [6, 6.07) is 7.29. The van der Waals surface area contributed by atoms with Gasteiger partial charge >= 0.3 is 0 Å². The highest BCUT2D eigenvalue weighted by Gasteiger charge is 2.30. The zero-order valence-electron chi connectivity index (χ0n) is 17.4. The fourth-order valence-electron chi connectivity index (χ4n) is 3.34. The van der Waals surface area contributed by atoms with Crippen LogP contribution < -0.4 is 9.62 Å². The second-order valence-electron chi connectivity index (χ2n) is 7.39. The van der Waals surface area contributed by atoms with Gasteiger partial charge in [-0.05, 0) is 75.1 Å². The Labute approximate surface area is 183 Å². The molecule has 2 aromatic rings. The van der Waals surface area contributed by atoms with E-state index in [2.05, 4.69) is 11.4 Å². The van der Waals surface area contributed by atoms with E-state index in [9.17, 15) is 13.2 Å². The van der Waals surface area contributed by atoms with E-state index in [-0.39, 0.29) is 21.8 Å². The molecule has 1 N–H and O–H groups in total.